The van der Waals surface area contributed by atoms with Gasteiger partial charge in [-0.15, -0.1) is 0 Å². The van der Waals surface area contributed by atoms with Crippen LogP contribution in [0.1, 0.15) is 30.4 Å². The van der Waals surface area contributed by atoms with Crippen molar-refractivity contribution in [3.05, 3.63) is 87.9 Å². The van der Waals surface area contributed by atoms with Gasteiger partial charge < -0.3 is 15.1 Å². The van der Waals surface area contributed by atoms with Gasteiger partial charge in [0, 0.05) is 32.6 Å². The van der Waals surface area contributed by atoms with Crippen molar-refractivity contribution in [3.63, 3.8) is 0 Å². The van der Waals surface area contributed by atoms with E-state index < -0.39 is 11.9 Å². The van der Waals surface area contributed by atoms with Crippen molar-refractivity contribution in [1.82, 2.24) is 4.90 Å². The van der Waals surface area contributed by atoms with Gasteiger partial charge in [-0.3, -0.25) is 14.6 Å². The number of carboxylic acid groups (broad SMARTS) is 2. The van der Waals surface area contributed by atoms with Crippen LogP contribution in [0.5, 0.6) is 0 Å². The van der Waals surface area contributed by atoms with E-state index in [1.54, 1.807) is 0 Å². The largest absolute Gasteiger partial charge is 0.473 e. The maximum atomic E-state index is 13.5. The van der Waals surface area contributed by atoms with Gasteiger partial charge in [-0.25, -0.2) is 9.59 Å². The Morgan fingerprint density at radius 1 is 0.683 bits per heavy atom. The number of fused-ring (bicyclic) bond motifs is 2. The van der Waals surface area contributed by atoms with E-state index in [4.69, 9.17) is 43.0 Å². The second-order valence-corrected chi connectivity index (χ2v) is 10.7. The highest BCUT2D eigenvalue weighted by atomic mass is 35.5. The molecule has 2 aliphatic heterocycles. The van der Waals surface area contributed by atoms with Gasteiger partial charge in [0.25, 0.3) is 0 Å². The van der Waals surface area contributed by atoms with Gasteiger partial charge in [0.15, 0.2) is 0 Å². The summed E-state index contributed by atoms with van der Waals surface area (Å²) >= 11 is 12.6. The van der Waals surface area contributed by atoms with Gasteiger partial charge in [0.1, 0.15) is 0 Å². The molecule has 0 aliphatic carbocycles. The number of hydrogen-bond donors (Lipinski definition) is 2. The fraction of sp³-hybridized carbons (Fsp3) is 0.323. The second kappa shape index (κ2) is 14.3. The number of anilines is 3. The van der Waals surface area contributed by atoms with E-state index in [2.05, 4.69) is 46.2 Å². The van der Waals surface area contributed by atoms with Crippen LogP contribution in [-0.4, -0.2) is 65.7 Å². The molecule has 3 aromatic rings. The molecule has 0 unspecified atom stereocenters. The van der Waals surface area contributed by atoms with Crippen molar-refractivity contribution in [2.24, 2.45) is 0 Å². The molecule has 2 aliphatic rings. The number of piperazine rings is 1. The third kappa shape index (κ3) is 7.79. The van der Waals surface area contributed by atoms with Crippen molar-refractivity contribution in [3.8, 4) is 0 Å². The molecule has 0 aromatic heterocycles. The molecule has 0 radical (unpaired) electrons. The lowest BCUT2D eigenvalue weighted by Gasteiger charge is -2.36. The zero-order chi connectivity index (χ0) is 29.4. The van der Waals surface area contributed by atoms with E-state index in [-0.39, 0.29) is 5.91 Å². The molecule has 41 heavy (non-hydrogen) atoms. The molecule has 1 amide bonds. The van der Waals surface area contributed by atoms with E-state index >= 15 is 0 Å². The minimum atomic E-state index is -1.82. The van der Waals surface area contributed by atoms with Gasteiger partial charge in [0.05, 0.1) is 27.1 Å². The van der Waals surface area contributed by atoms with Crippen LogP contribution in [0.2, 0.25) is 10.0 Å². The number of carbonyl (C=O) groups excluding carboxylic acids is 1. The summed E-state index contributed by atoms with van der Waals surface area (Å²) in [5.74, 6) is -3.46. The highest BCUT2D eigenvalue weighted by molar-refractivity contribution is 6.43. The summed E-state index contributed by atoms with van der Waals surface area (Å²) in [4.78, 5) is 38.4. The summed E-state index contributed by atoms with van der Waals surface area (Å²) < 4.78 is 0. The van der Waals surface area contributed by atoms with Crippen LogP contribution >= 0.6 is 23.2 Å². The fourth-order valence-corrected chi connectivity index (χ4v) is 5.64. The predicted molar refractivity (Wildman–Crippen MR) is 162 cm³/mol. The number of nitrogens with zero attached hydrogens (tertiary/aromatic N) is 3. The summed E-state index contributed by atoms with van der Waals surface area (Å²) in [6, 6.07) is 22.5. The van der Waals surface area contributed by atoms with Crippen molar-refractivity contribution < 1.29 is 24.6 Å². The Hall–Kier alpha value is -3.59. The monoisotopic (exact) mass is 597 g/mol. The first kappa shape index (κ1) is 30.4. The first-order valence-electron chi connectivity index (χ1n) is 13.6. The maximum absolute atomic E-state index is 13.5. The Balaban J connectivity index is 0.000000585. The number of carboxylic acids is 2. The summed E-state index contributed by atoms with van der Waals surface area (Å²) in [5, 5.41) is 16.0. The number of amides is 1. The number of hydrogen-bond acceptors (Lipinski definition) is 5. The predicted octanol–water partition coefficient (Wildman–Crippen LogP) is 5.90. The molecule has 5 rings (SSSR count). The number of rotatable bonds is 6. The lowest BCUT2D eigenvalue weighted by atomic mass is 10.0. The number of aliphatic carboxylic acids is 2. The standard InChI is InChI=1S/C29H31Cl2N3O.C2H2O4/c30-24-10-7-13-27(29(24)31)33-20-18-32(19-21-33)17-6-5-14-28(35)34-25-11-3-1-8-22(25)15-16-23-9-2-4-12-26(23)34;3-1(4)2(5)6/h1-4,7-13H,5-6,14-21H2;(H,3,4)(H,5,6). The molecule has 2 N–H and O–H groups in total. The quantitative estimate of drug-likeness (QED) is 0.269. The fourth-order valence-electron chi connectivity index (χ4n) is 5.22. The molecule has 8 nitrogen and oxygen atoms in total. The topological polar surface area (TPSA) is 101 Å². The van der Waals surface area contributed by atoms with E-state index in [1.165, 1.54) is 11.1 Å². The van der Waals surface area contributed by atoms with Crippen LogP contribution in [0.25, 0.3) is 0 Å². The van der Waals surface area contributed by atoms with E-state index in [1.807, 2.05) is 35.2 Å². The number of halogens is 2. The molecule has 0 saturated carbocycles. The molecular weight excluding hydrogens is 565 g/mol. The molecule has 0 bridgehead atoms. The Morgan fingerprint density at radius 3 is 1.78 bits per heavy atom. The average molecular weight is 599 g/mol. The number of benzene rings is 3. The molecule has 10 heteroatoms. The highest BCUT2D eigenvalue weighted by Gasteiger charge is 2.25. The lowest BCUT2D eigenvalue weighted by Crippen LogP contribution is -2.46. The van der Waals surface area contributed by atoms with E-state index in [0.29, 0.717) is 16.5 Å². The van der Waals surface area contributed by atoms with Gasteiger partial charge in [-0.05, 0) is 67.6 Å². The molecule has 3 aromatic carbocycles. The summed E-state index contributed by atoms with van der Waals surface area (Å²) in [6.07, 6.45) is 4.38. The molecule has 2 heterocycles. The van der Waals surface area contributed by atoms with Crippen LogP contribution in [0.4, 0.5) is 17.1 Å². The summed E-state index contributed by atoms with van der Waals surface area (Å²) in [5.41, 5.74) is 5.59. The van der Waals surface area contributed by atoms with Gasteiger partial charge in [-0.1, -0.05) is 65.7 Å². The van der Waals surface area contributed by atoms with Crippen LogP contribution in [0.3, 0.4) is 0 Å². The third-order valence-corrected chi connectivity index (χ3v) is 8.13. The first-order chi connectivity index (χ1) is 19.8. The number of unbranched alkanes of at least 4 members (excludes halogenated alkanes) is 1. The van der Waals surface area contributed by atoms with Gasteiger partial charge >= 0.3 is 11.9 Å². The van der Waals surface area contributed by atoms with Crippen molar-refractivity contribution in [1.29, 1.82) is 0 Å². The van der Waals surface area contributed by atoms with Crippen LogP contribution < -0.4 is 9.80 Å². The Kier molecular flexibility index (Phi) is 10.6. The smallest absolute Gasteiger partial charge is 0.414 e. The number of aryl methyl sites for hydroxylation is 2. The molecule has 0 atom stereocenters. The minimum Gasteiger partial charge on any atom is -0.473 e. The van der Waals surface area contributed by atoms with Gasteiger partial charge in [0.2, 0.25) is 5.91 Å². The van der Waals surface area contributed by atoms with Crippen LogP contribution in [0.15, 0.2) is 66.7 Å². The van der Waals surface area contributed by atoms with E-state index in [0.717, 1.165) is 75.5 Å². The lowest BCUT2D eigenvalue weighted by molar-refractivity contribution is -0.159. The first-order valence-corrected chi connectivity index (χ1v) is 14.4. The highest BCUT2D eigenvalue weighted by Crippen LogP contribution is 2.37. The normalized spacial score (nSPS) is 14.7. The SMILES string of the molecule is O=C(CCCCN1CCN(c2cccc(Cl)c2Cl)CC1)N1c2ccccc2CCc2ccccc21.O=C(O)C(=O)O. The second-order valence-electron chi connectivity index (χ2n) is 9.96. The molecule has 1 fully saturated rings. The Labute approximate surface area is 249 Å². The zero-order valence-corrected chi connectivity index (χ0v) is 24.2. The van der Waals surface area contributed by atoms with Crippen molar-refractivity contribution in [2.75, 3.05) is 42.5 Å². The Bertz CT molecular complexity index is 1330. The van der Waals surface area contributed by atoms with Gasteiger partial charge in [-0.2, -0.15) is 0 Å². The molecule has 216 valence electrons. The van der Waals surface area contributed by atoms with Crippen molar-refractivity contribution in [2.45, 2.75) is 32.1 Å². The van der Waals surface area contributed by atoms with Crippen molar-refractivity contribution >= 4 is 58.1 Å². The maximum Gasteiger partial charge on any atom is 0.414 e. The third-order valence-electron chi connectivity index (χ3n) is 7.32. The minimum absolute atomic E-state index is 0.187. The molecular formula is C31H33Cl2N3O5. The van der Waals surface area contributed by atoms with Crippen LogP contribution in [-0.2, 0) is 27.2 Å². The zero-order valence-electron chi connectivity index (χ0n) is 22.6. The summed E-state index contributed by atoms with van der Waals surface area (Å²) in [6.45, 7) is 4.85. The molecule has 0 spiro atoms. The summed E-state index contributed by atoms with van der Waals surface area (Å²) in [7, 11) is 0. The Morgan fingerprint density at radius 2 is 1.22 bits per heavy atom. The number of carbonyl (C=O) groups is 3. The van der Waals surface area contributed by atoms with Crippen LogP contribution in [0, 0.1) is 0 Å². The molecule has 1 saturated heterocycles. The average Bonchev–Trinajstić information content (AvgIpc) is 3.14. The van der Waals surface area contributed by atoms with E-state index in [9.17, 15) is 4.79 Å². The number of para-hydroxylation sites is 2.